The average molecular weight is 816 g/mol. The number of carbonyl (C=O) groups is 2. The third-order valence-corrected chi connectivity index (χ3v) is 11.4. The van der Waals surface area contributed by atoms with E-state index in [1.165, 1.54) is 161 Å². The van der Waals surface area contributed by atoms with Crippen LogP contribution in [0.3, 0.4) is 0 Å². The van der Waals surface area contributed by atoms with Crippen molar-refractivity contribution in [1.82, 2.24) is 5.32 Å². The number of aliphatic hydroxyl groups excluding tert-OH is 2. The first-order valence-electron chi connectivity index (χ1n) is 25.3. The fourth-order valence-electron chi connectivity index (χ4n) is 7.47. The molecule has 0 aliphatic heterocycles. The molecule has 0 rings (SSSR count). The van der Waals surface area contributed by atoms with E-state index in [4.69, 9.17) is 4.74 Å². The van der Waals surface area contributed by atoms with E-state index in [2.05, 4.69) is 43.5 Å². The zero-order chi connectivity index (χ0) is 42.3. The van der Waals surface area contributed by atoms with Crippen molar-refractivity contribution in [2.45, 2.75) is 270 Å². The number of ether oxygens (including phenoxy) is 1. The van der Waals surface area contributed by atoms with Gasteiger partial charge in [0.25, 0.3) is 0 Å². The summed E-state index contributed by atoms with van der Waals surface area (Å²) in [6.07, 6.45) is 57.1. The Kier molecular flexibility index (Phi) is 46.2. The van der Waals surface area contributed by atoms with Gasteiger partial charge in [0, 0.05) is 12.8 Å². The maximum absolute atomic E-state index is 12.4. The van der Waals surface area contributed by atoms with Crippen molar-refractivity contribution in [2.24, 2.45) is 0 Å². The smallest absolute Gasteiger partial charge is 0.305 e. The topological polar surface area (TPSA) is 95.9 Å². The number of allylic oxidation sites excluding steroid dienone is 5. The van der Waals surface area contributed by atoms with Crippen LogP contribution in [0.15, 0.2) is 36.5 Å². The van der Waals surface area contributed by atoms with Crippen molar-refractivity contribution in [3.8, 4) is 0 Å². The zero-order valence-electron chi connectivity index (χ0n) is 38.5. The minimum absolute atomic E-state index is 0.0422. The van der Waals surface area contributed by atoms with Gasteiger partial charge >= 0.3 is 5.97 Å². The van der Waals surface area contributed by atoms with Gasteiger partial charge in [0.1, 0.15) is 0 Å². The first-order valence-corrected chi connectivity index (χ1v) is 25.3. The molecular weight excluding hydrogens is 719 g/mol. The molecule has 340 valence electrons. The van der Waals surface area contributed by atoms with Crippen molar-refractivity contribution in [1.29, 1.82) is 0 Å². The molecule has 58 heavy (non-hydrogen) atoms. The quantitative estimate of drug-likeness (QED) is 0.0323. The third kappa shape index (κ3) is 43.7. The third-order valence-electron chi connectivity index (χ3n) is 11.4. The largest absolute Gasteiger partial charge is 0.466 e. The Labute approximate surface area is 360 Å². The SMILES string of the molecule is CCCC/C=C\C/C=C\CCCCCCCC(=O)OCCCCCCCCCCCC(=O)NC(CO)C(O)/C=C/CCCCCCCCCCCCCCCCCC. The molecule has 6 heteroatoms. The summed E-state index contributed by atoms with van der Waals surface area (Å²) < 4.78 is 5.43. The Morgan fingerprint density at radius 1 is 0.483 bits per heavy atom. The van der Waals surface area contributed by atoms with E-state index in [0.29, 0.717) is 19.4 Å². The fourth-order valence-corrected chi connectivity index (χ4v) is 7.47. The second-order valence-corrected chi connectivity index (χ2v) is 17.1. The first kappa shape index (κ1) is 56.1. The van der Waals surface area contributed by atoms with Gasteiger partial charge in [-0.25, -0.2) is 0 Å². The number of hydrogen-bond donors (Lipinski definition) is 3. The second-order valence-electron chi connectivity index (χ2n) is 17.1. The van der Waals surface area contributed by atoms with E-state index in [1.807, 2.05) is 6.08 Å². The van der Waals surface area contributed by atoms with Crippen LogP contribution in [0.25, 0.3) is 0 Å². The fraction of sp³-hybridized carbons (Fsp3) is 0.846. The Hall–Kier alpha value is -1.92. The van der Waals surface area contributed by atoms with Crippen LogP contribution in [0.2, 0.25) is 0 Å². The van der Waals surface area contributed by atoms with Crippen molar-refractivity contribution >= 4 is 11.9 Å². The van der Waals surface area contributed by atoms with Crippen LogP contribution in [0.5, 0.6) is 0 Å². The minimum Gasteiger partial charge on any atom is -0.466 e. The number of amides is 1. The normalized spacial score (nSPS) is 13.0. The summed E-state index contributed by atoms with van der Waals surface area (Å²) in [5.74, 6) is -0.139. The summed E-state index contributed by atoms with van der Waals surface area (Å²) in [6, 6.07) is -0.649. The van der Waals surface area contributed by atoms with Crippen LogP contribution in [-0.4, -0.2) is 47.4 Å². The van der Waals surface area contributed by atoms with Gasteiger partial charge in [-0.2, -0.15) is 0 Å². The molecule has 0 saturated carbocycles. The van der Waals surface area contributed by atoms with Gasteiger partial charge in [-0.15, -0.1) is 0 Å². The predicted molar refractivity (Wildman–Crippen MR) is 250 cm³/mol. The predicted octanol–water partition coefficient (Wildman–Crippen LogP) is 14.9. The lowest BCUT2D eigenvalue weighted by molar-refractivity contribution is -0.143. The summed E-state index contributed by atoms with van der Waals surface area (Å²) >= 11 is 0. The number of aliphatic hydroxyl groups is 2. The molecule has 0 radical (unpaired) electrons. The average Bonchev–Trinajstić information content (AvgIpc) is 3.22. The van der Waals surface area contributed by atoms with Crippen molar-refractivity contribution in [2.75, 3.05) is 13.2 Å². The molecule has 3 N–H and O–H groups in total. The molecule has 6 nitrogen and oxygen atoms in total. The highest BCUT2D eigenvalue weighted by molar-refractivity contribution is 5.76. The summed E-state index contributed by atoms with van der Waals surface area (Å²) in [6.45, 7) is 4.79. The molecular formula is C52H97NO5. The van der Waals surface area contributed by atoms with Gasteiger partial charge < -0.3 is 20.3 Å². The number of rotatable bonds is 46. The van der Waals surface area contributed by atoms with E-state index in [1.54, 1.807) is 6.08 Å². The molecule has 0 aromatic carbocycles. The van der Waals surface area contributed by atoms with Gasteiger partial charge in [0.15, 0.2) is 0 Å². The highest BCUT2D eigenvalue weighted by Gasteiger charge is 2.18. The summed E-state index contributed by atoms with van der Waals surface area (Å²) in [5.41, 5.74) is 0. The Balaban J connectivity index is 3.55. The van der Waals surface area contributed by atoms with Crippen LogP contribution >= 0.6 is 0 Å². The van der Waals surface area contributed by atoms with Crippen LogP contribution in [0.4, 0.5) is 0 Å². The van der Waals surface area contributed by atoms with E-state index in [9.17, 15) is 19.8 Å². The van der Waals surface area contributed by atoms with Gasteiger partial charge in [-0.3, -0.25) is 9.59 Å². The van der Waals surface area contributed by atoms with Crippen LogP contribution in [-0.2, 0) is 14.3 Å². The molecule has 0 aliphatic rings. The standard InChI is InChI=1S/C52H97NO5/c1-3-5-7-9-11-13-15-17-19-20-21-22-23-25-28-32-36-40-44-50(55)49(48-54)53-51(56)45-41-37-33-29-27-31-35-39-43-47-58-52(57)46-42-38-34-30-26-24-18-16-14-12-10-8-6-4-2/h10,12,16,18,40,44,49-50,54-55H,3-9,11,13-15,17,19-39,41-43,45-48H2,1-2H3,(H,53,56)/b12-10-,18-16-,44-40+. The van der Waals surface area contributed by atoms with E-state index < -0.39 is 12.1 Å². The molecule has 0 aromatic heterocycles. The lowest BCUT2D eigenvalue weighted by Crippen LogP contribution is -2.45. The first-order chi connectivity index (χ1) is 28.5. The molecule has 0 spiro atoms. The highest BCUT2D eigenvalue weighted by Crippen LogP contribution is 2.15. The van der Waals surface area contributed by atoms with Crippen molar-refractivity contribution < 1.29 is 24.5 Å². The highest BCUT2D eigenvalue weighted by atomic mass is 16.5. The number of carbonyl (C=O) groups excluding carboxylic acids is 2. The van der Waals surface area contributed by atoms with Crippen LogP contribution in [0, 0.1) is 0 Å². The number of hydrogen-bond acceptors (Lipinski definition) is 5. The van der Waals surface area contributed by atoms with Gasteiger partial charge in [-0.05, 0) is 57.8 Å². The minimum atomic E-state index is -0.863. The van der Waals surface area contributed by atoms with Crippen molar-refractivity contribution in [3.63, 3.8) is 0 Å². The second kappa shape index (κ2) is 47.8. The zero-order valence-corrected chi connectivity index (χ0v) is 38.5. The molecule has 1 amide bonds. The van der Waals surface area contributed by atoms with Gasteiger partial charge in [0.05, 0.1) is 25.4 Å². The Bertz CT molecular complexity index is 946. The number of unbranched alkanes of at least 4 members (excludes halogenated alkanes) is 31. The molecule has 0 saturated heterocycles. The summed E-state index contributed by atoms with van der Waals surface area (Å²) in [5, 5.41) is 23.1. The van der Waals surface area contributed by atoms with E-state index >= 15 is 0 Å². The molecule has 0 aromatic rings. The summed E-state index contributed by atoms with van der Waals surface area (Å²) in [4.78, 5) is 24.4. The molecule has 0 fully saturated rings. The van der Waals surface area contributed by atoms with Crippen LogP contribution < -0.4 is 5.32 Å². The van der Waals surface area contributed by atoms with Crippen LogP contribution in [0.1, 0.15) is 258 Å². The Morgan fingerprint density at radius 3 is 1.36 bits per heavy atom. The lowest BCUT2D eigenvalue weighted by atomic mass is 10.0. The maximum Gasteiger partial charge on any atom is 0.305 e. The summed E-state index contributed by atoms with van der Waals surface area (Å²) in [7, 11) is 0. The number of esters is 1. The number of nitrogens with one attached hydrogen (secondary N) is 1. The monoisotopic (exact) mass is 816 g/mol. The van der Waals surface area contributed by atoms with Gasteiger partial charge in [-0.1, -0.05) is 224 Å². The molecule has 2 atom stereocenters. The van der Waals surface area contributed by atoms with E-state index in [-0.39, 0.29) is 18.5 Å². The van der Waals surface area contributed by atoms with Gasteiger partial charge in [0.2, 0.25) is 5.91 Å². The van der Waals surface area contributed by atoms with E-state index in [0.717, 1.165) is 70.6 Å². The molecule has 0 heterocycles. The Morgan fingerprint density at radius 2 is 0.879 bits per heavy atom. The maximum atomic E-state index is 12.4. The molecule has 0 bridgehead atoms. The molecule has 2 unspecified atom stereocenters. The lowest BCUT2D eigenvalue weighted by Gasteiger charge is -2.20. The molecule has 0 aliphatic carbocycles. The van der Waals surface area contributed by atoms with Crippen molar-refractivity contribution in [3.05, 3.63) is 36.5 Å².